The molecule has 0 fully saturated rings. The number of fused-ring (bicyclic) bond motifs is 1. The maximum Gasteiger partial charge on any atom is 0.235 e. The highest BCUT2D eigenvalue weighted by molar-refractivity contribution is 8.00. The largest absolute Gasteiger partial charge is 0.460 e. The summed E-state index contributed by atoms with van der Waals surface area (Å²) in [5, 5.41) is 9.74. The molecule has 0 saturated heterocycles. The maximum atomic E-state index is 13.1. The second-order valence-electron chi connectivity index (χ2n) is 5.56. The first-order valence-electron chi connectivity index (χ1n) is 7.44. The van der Waals surface area contributed by atoms with Gasteiger partial charge in [-0.15, -0.1) is 11.8 Å². The van der Waals surface area contributed by atoms with E-state index in [0.717, 1.165) is 22.6 Å². The Labute approximate surface area is 141 Å². The van der Waals surface area contributed by atoms with Crippen molar-refractivity contribution < 1.29 is 13.6 Å². The number of nitrogens with zero attached hydrogens (tertiary/aromatic N) is 1. The van der Waals surface area contributed by atoms with Crippen molar-refractivity contribution in [3.05, 3.63) is 59.2 Å². The van der Waals surface area contributed by atoms with Gasteiger partial charge in [-0.3, -0.25) is 9.89 Å². The predicted molar refractivity (Wildman–Crippen MR) is 90.4 cm³/mol. The fraction of sp³-hybridized carbons (Fsp3) is 0.176. The Hall–Kier alpha value is -2.54. The van der Waals surface area contributed by atoms with Crippen molar-refractivity contribution in [2.75, 3.05) is 11.1 Å². The van der Waals surface area contributed by atoms with Gasteiger partial charge in [-0.1, -0.05) is 0 Å². The lowest BCUT2D eigenvalue weighted by molar-refractivity contribution is -0.113. The number of aryl methyl sites for hydroxylation is 1. The molecule has 24 heavy (non-hydrogen) atoms. The average molecular weight is 343 g/mol. The van der Waals surface area contributed by atoms with E-state index in [1.165, 1.54) is 23.9 Å². The first-order valence-corrected chi connectivity index (χ1v) is 8.48. The lowest BCUT2D eigenvalue weighted by Crippen LogP contribution is -2.12. The van der Waals surface area contributed by atoms with Crippen LogP contribution in [0.3, 0.4) is 0 Å². The maximum absolute atomic E-state index is 13.1. The number of thioether (sulfide) groups is 1. The first-order chi connectivity index (χ1) is 11.6. The van der Waals surface area contributed by atoms with Crippen LogP contribution < -0.4 is 5.32 Å². The quantitative estimate of drug-likeness (QED) is 0.740. The zero-order chi connectivity index (χ0) is 16.7. The molecule has 122 valence electrons. The molecule has 1 amide bonds. The first kappa shape index (κ1) is 15.0. The minimum atomic E-state index is -0.284. The summed E-state index contributed by atoms with van der Waals surface area (Å²) in [5.41, 5.74) is 2.62. The van der Waals surface area contributed by atoms with Crippen molar-refractivity contribution in [3.63, 3.8) is 0 Å². The molecule has 3 aromatic rings. The lowest BCUT2D eigenvalue weighted by atomic mass is 10.1. The van der Waals surface area contributed by atoms with E-state index in [1.807, 2.05) is 19.1 Å². The average Bonchev–Trinajstić information content (AvgIpc) is 3.14. The molecule has 3 heterocycles. The van der Waals surface area contributed by atoms with Gasteiger partial charge < -0.3 is 9.73 Å². The van der Waals surface area contributed by atoms with Crippen molar-refractivity contribution in [2.24, 2.45) is 0 Å². The monoisotopic (exact) mass is 343 g/mol. The van der Waals surface area contributed by atoms with Crippen LogP contribution >= 0.6 is 11.8 Å². The molecule has 0 aliphatic carbocycles. The highest BCUT2D eigenvalue weighted by atomic mass is 32.2. The SMILES string of the molecule is Cc1[nH]nc2c1C(c1ccc(-c3ccc(F)cc3)o1)SCC(=O)N2. The predicted octanol–water partition coefficient (Wildman–Crippen LogP) is 3.89. The standard InChI is InChI=1S/C17H14FN3O2S/c1-9-15-16(24-8-14(22)19-17(15)21-20-9)13-7-6-12(23-13)10-2-4-11(18)5-3-10/h2-7,16H,8H2,1H3,(H2,19,20,21,22). The summed E-state index contributed by atoms with van der Waals surface area (Å²) in [4.78, 5) is 11.8. The van der Waals surface area contributed by atoms with Crippen LogP contribution in [0, 0.1) is 12.7 Å². The normalized spacial score (nSPS) is 17.2. The molecule has 1 aromatic carbocycles. The molecule has 1 unspecified atom stereocenters. The van der Waals surface area contributed by atoms with Crippen molar-refractivity contribution in [1.82, 2.24) is 10.2 Å². The minimum absolute atomic E-state index is 0.0828. The molecular formula is C17H14FN3O2S. The summed E-state index contributed by atoms with van der Waals surface area (Å²) in [6.07, 6.45) is 0. The number of hydrogen-bond acceptors (Lipinski definition) is 4. The molecule has 0 spiro atoms. The van der Waals surface area contributed by atoms with E-state index in [-0.39, 0.29) is 17.0 Å². The summed E-state index contributed by atoms with van der Waals surface area (Å²) >= 11 is 1.49. The topological polar surface area (TPSA) is 70.9 Å². The van der Waals surface area contributed by atoms with Crippen LogP contribution in [-0.4, -0.2) is 21.9 Å². The van der Waals surface area contributed by atoms with Crippen LogP contribution in [0.4, 0.5) is 10.2 Å². The number of furan rings is 1. The summed E-state index contributed by atoms with van der Waals surface area (Å²) in [5.74, 6) is 1.91. The molecule has 2 N–H and O–H groups in total. The van der Waals surface area contributed by atoms with E-state index in [0.29, 0.717) is 17.3 Å². The fourth-order valence-electron chi connectivity index (χ4n) is 2.75. The van der Waals surface area contributed by atoms with Crippen molar-refractivity contribution in [1.29, 1.82) is 0 Å². The molecule has 0 radical (unpaired) electrons. The van der Waals surface area contributed by atoms with Crippen molar-refractivity contribution in [2.45, 2.75) is 12.2 Å². The third kappa shape index (κ3) is 2.60. The van der Waals surface area contributed by atoms with E-state index >= 15 is 0 Å². The highest BCUT2D eigenvalue weighted by Gasteiger charge is 2.30. The molecule has 1 atom stereocenters. The van der Waals surface area contributed by atoms with Crippen LogP contribution in [0.2, 0.25) is 0 Å². The van der Waals surface area contributed by atoms with Gasteiger partial charge in [0.05, 0.1) is 11.0 Å². The number of hydrogen-bond donors (Lipinski definition) is 2. The molecular weight excluding hydrogens is 329 g/mol. The second-order valence-corrected chi connectivity index (χ2v) is 6.65. The van der Waals surface area contributed by atoms with Gasteiger partial charge >= 0.3 is 0 Å². The van der Waals surface area contributed by atoms with Crippen LogP contribution in [0.5, 0.6) is 0 Å². The molecule has 7 heteroatoms. The number of halogens is 1. The third-order valence-electron chi connectivity index (χ3n) is 3.91. The Kier molecular flexibility index (Phi) is 3.65. The van der Waals surface area contributed by atoms with E-state index in [1.54, 1.807) is 12.1 Å². The lowest BCUT2D eigenvalue weighted by Gasteiger charge is -2.11. The van der Waals surface area contributed by atoms with Crippen molar-refractivity contribution >= 4 is 23.5 Å². The van der Waals surface area contributed by atoms with Gasteiger partial charge in [-0.05, 0) is 43.3 Å². The van der Waals surface area contributed by atoms with Crippen LogP contribution in [0.1, 0.15) is 22.3 Å². The number of rotatable bonds is 2. The Morgan fingerprint density at radius 3 is 2.83 bits per heavy atom. The van der Waals surface area contributed by atoms with Crippen molar-refractivity contribution in [3.8, 4) is 11.3 Å². The Balaban J connectivity index is 1.73. The highest BCUT2D eigenvalue weighted by Crippen LogP contribution is 2.43. The number of amides is 1. The van der Waals surface area contributed by atoms with Crippen LogP contribution in [0.25, 0.3) is 11.3 Å². The Bertz CT molecular complexity index is 901. The van der Waals surface area contributed by atoms with Gasteiger partial charge in [-0.25, -0.2) is 4.39 Å². The zero-order valence-corrected chi connectivity index (χ0v) is 13.6. The Morgan fingerprint density at radius 1 is 1.25 bits per heavy atom. The molecule has 4 rings (SSSR count). The molecule has 0 saturated carbocycles. The van der Waals surface area contributed by atoms with Gasteiger partial charge in [0, 0.05) is 16.8 Å². The molecule has 2 aromatic heterocycles. The molecule has 1 aliphatic rings. The second kappa shape index (κ2) is 5.83. The van der Waals surface area contributed by atoms with Gasteiger partial charge in [0.1, 0.15) is 17.3 Å². The summed E-state index contributed by atoms with van der Waals surface area (Å²) in [7, 11) is 0. The van der Waals surface area contributed by atoms with E-state index < -0.39 is 0 Å². The van der Waals surface area contributed by atoms with Gasteiger partial charge in [0.25, 0.3) is 0 Å². The zero-order valence-electron chi connectivity index (χ0n) is 12.8. The summed E-state index contributed by atoms with van der Waals surface area (Å²) in [6.45, 7) is 1.92. The smallest absolute Gasteiger partial charge is 0.235 e. The van der Waals surface area contributed by atoms with Gasteiger partial charge in [0.2, 0.25) is 5.91 Å². The number of anilines is 1. The van der Waals surface area contributed by atoms with Crippen LogP contribution in [-0.2, 0) is 4.79 Å². The summed E-state index contributed by atoms with van der Waals surface area (Å²) in [6, 6.07) is 9.91. The number of nitrogens with one attached hydrogen (secondary N) is 2. The number of aromatic amines is 1. The minimum Gasteiger partial charge on any atom is -0.460 e. The number of carbonyl (C=O) groups is 1. The van der Waals surface area contributed by atoms with E-state index in [4.69, 9.17) is 4.42 Å². The number of H-pyrrole nitrogens is 1. The van der Waals surface area contributed by atoms with Gasteiger partial charge in [0.15, 0.2) is 5.82 Å². The third-order valence-corrected chi connectivity index (χ3v) is 5.14. The number of aromatic nitrogens is 2. The van der Waals surface area contributed by atoms with Gasteiger partial charge in [-0.2, -0.15) is 5.10 Å². The van der Waals surface area contributed by atoms with Crippen LogP contribution in [0.15, 0.2) is 40.8 Å². The van der Waals surface area contributed by atoms with E-state index in [2.05, 4.69) is 15.5 Å². The molecule has 0 bridgehead atoms. The fourth-order valence-corrected chi connectivity index (χ4v) is 3.89. The van der Waals surface area contributed by atoms with E-state index in [9.17, 15) is 9.18 Å². The summed E-state index contributed by atoms with van der Waals surface area (Å²) < 4.78 is 19.1. The molecule has 5 nitrogen and oxygen atoms in total. The number of carbonyl (C=O) groups excluding carboxylic acids is 1. The Morgan fingerprint density at radius 2 is 2.04 bits per heavy atom. The molecule has 1 aliphatic heterocycles. The number of benzene rings is 1.